The van der Waals surface area contributed by atoms with Crippen molar-refractivity contribution in [3.8, 4) is 0 Å². The molecule has 0 saturated heterocycles. The van der Waals surface area contributed by atoms with Gasteiger partial charge in [-0.1, -0.05) is 36.4 Å². The molecule has 0 aliphatic carbocycles. The average molecular weight is 500 g/mol. The number of anilines is 1. The molecule has 0 fully saturated rings. The number of imide groups is 1. The predicted octanol–water partition coefficient (Wildman–Crippen LogP) is 4.59. The minimum Gasteiger partial charge on any atom is -0.443 e. The highest BCUT2D eigenvalue weighted by molar-refractivity contribution is 6.08. The predicted molar refractivity (Wildman–Crippen MR) is 133 cm³/mol. The molecule has 2 aromatic rings. The fraction of sp³-hybridized carbons (Fsp3) is 0.462. The van der Waals surface area contributed by atoms with Crippen LogP contribution in [0, 0.1) is 0 Å². The van der Waals surface area contributed by atoms with E-state index in [1.807, 2.05) is 36.4 Å². The topological polar surface area (TPSA) is 109 Å². The van der Waals surface area contributed by atoms with E-state index in [0.29, 0.717) is 18.1 Å². The van der Waals surface area contributed by atoms with Crippen LogP contribution in [0.5, 0.6) is 0 Å². The molecule has 2 heterocycles. The first-order valence-electron chi connectivity index (χ1n) is 11.6. The van der Waals surface area contributed by atoms with Crippen LogP contribution in [-0.4, -0.2) is 45.7 Å². The lowest BCUT2D eigenvalue weighted by Gasteiger charge is -2.28. The van der Waals surface area contributed by atoms with Gasteiger partial charge in [-0.05, 0) is 59.2 Å². The molecule has 1 aliphatic rings. The largest absolute Gasteiger partial charge is 0.443 e. The zero-order valence-corrected chi connectivity index (χ0v) is 21.5. The normalized spacial score (nSPS) is 17.6. The smallest absolute Gasteiger partial charge is 0.425 e. The Kier molecular flexibility index (Phi) is 8.31. The Balaban J connectivity index is 1.71. The van der Waals surface area contributed by atoms with Crippen molar-refractivity contribution < 1.29 is 28.5 Å². The molecular weight excluding hydrogens is 466 g/mol. The van der Waals surface area contributed by atoms with Crippen molar-refractivity contribution >= 4 is 18.0 Å². The lowest BCUT2D eigenvalue weighted by atomic mass is 10.2. The zero-order chi connectivity index (χ0) is 26.5. The third-order valence-corrected chi connectivity index (χ3v) is 4.67. The summed E-state index contributed by atoms with van der Waals surface area (Å²) in [5.41, 5.74) is -1.43. The summed E-state index contributed by atoms with van der Waals surface area (Å²) in [6.45, 7) is 10.7. The van der Waals surface area contributed by atoms with Gasteiger partial charge in [0.15, 0.2) is 12.0 Å². The van der Waals surface area contributed by atoms with Crippen molar-refractivity contribution in [2.45, 2.75) is 71.7 Å². The van der Waals surface area contributed by atoms with Crippen LogP contribution in [-0.2, 0) is 25.6 Å². The number of aromatic nitrogens is 2. The van der Waals surface area contributed by atoms with E-state index in [4.69, 9.17) is 18.9 Å². The number of carbonyl (C=O) groups is 2. The molecule has 0 spiro atoms. The van der Waals surface area contributed by atoms with Gasteiger partial charge in [-0.15, -0.1) is 0 Å². The van der Waals surface area contributed by atoms with Crippen LogP contribution >= 0.6 is 0 Å². The van der Waals surface area contributed by atoms with E-state index in [0.717, 1.165) is 5.56 Å². The molecule has 10 heteroatoms. The number of ether oxygens (including phenoxy) is 4. The van der Waals surface area contributed by atoms with Crippen LogP contribution < -0.4 is 10.6 Å². The van der Waals surface area contributed by atoms with E-state index >= 15 is 0 Å². The van der Waals surface area contributed by atoms with Gasteiger partial charge in [0, 0.05) is 6.20 Å². The van der Waals surface area contributed by atoms with Gasteiger partial charge >= 0.3 is 17.9 Å². The fourth-order valence-electron chi connectivity index (χ4n) is 3.21. The van der Waals surface area contributed by atoms with Crippen LogP contribution in [0.2, 0.25) is 0 Å². The van der Waals surface area contributed by atoms with Gasteiger partial charge in [0.05, 0.1) is 13.2 Å². The third kappa shape index (κ3) is 7.76. The second-order valence-corrected chi connectivity index (χ2v) is 10.2. The molecule has 1 aromatic heterocycles. The quantitative estimate of drug-likeness (QED) is 0.531. The van der Waals surface area contributed by atoms with E-state index in [1.165, 1.54) is 16.8 Å². The van der Waals surface area contributed by atoms with Gasteiger partial charge in [0.2, 0.25) is 0 Å². The maximum absolute atomic E-state index is 12.8. The van der Waals surface area contributed by atoms with E-state index in [2.05, 4.69) is 4.98 Å². The first-order valence-corrected chi connectivity index (χ1v) is 11.6. The van der Waals surface area contributed by atoms with Gasteiger partial charge in [-0.3, -0.25) is 4.57 Å². The van der Waals surface area contributed by atoms with Crippen LogP contribution in [0.25, 0.3) is 0 Å². The van der Waals surface area contributed by atoms with E-state index < -0.39 is 35.3 Å². The summed E-state index contributed by atoms with van der Waals surface area (Å²) in [4.78, 5) is 42.9. The Bertz CT molecular complexity index is 1120. The molecule has 1 aliphatic heterocycles. The summed E-state index contributed by atoms with van der Waals surface area (Å²) in [7, 11) is 0. The second-order valence-electron chi connectivity index (χ2n) is 10.2. The number of hydrogen-bond acceptors (Lipinski definition) is 8. The van der Waals surface area contributed by atoms with E-state index in [1.54, 1.807) is 47.6 Å². The lowest BCUT2D eigenvalue weighted by Crippen LogP contribution is -2.45. The second kappa shape index (κ2) is 11.0. The third-order valence-electron chi connectivity index (χ3n) is 4.67. The summed E-state index contributed by atoms with van der Waals surface area (Å²) in [5, 5.41) is 0. The molecule has 2 atom stereocenters. The number of carbonyl (C=O) groups excluding carboxylic acids is 2. The highest BCUT2D eigenvalue weighted by Crippen LogP contribution is 2.23. The Morgan fingerprint density at radius 3 is 2.14 bits per heavy atom. The van der Waals surface area contributed by atoms with Crippen molar-refractivity contribution in [1.82, 2.24) is 9.55 Å². The van der Waals surface area contributed by atoms with E-state index in [9.17, 15) is 14.4 Å². The lowest BCUT2D eigenvalue weighted by molar-refractivity contribution is -0.0342. The minimum absolute atomic E-state index is 0.218. The first-order chi connectivity index (χ1) is 16.8. The average Bonchev–Trinajstić information content (AvgIpc) is 3.20. The molecule has 0 saturated carbocycles. The summed E-state index contributed by atoms with van der Waals surface area (Å²) in [6.07, 6.45) is 1.87. The molecule has 194 valence electrons. The molecule has 10 nitrogen and oxygen atoms in total. The molecule has 2 amide bonds. The van der Waals surface area contributed by atoms with Crippen molar-refractivity contribution in [3.63, 3.8) is 0 Å². The molecule has 0 bridgehead atoms. The summed E-state index contributed by atoms with van der Waals surface area (Å²) < 4.78 is 23.5. The Morgan fingerprint density at radius 2 is 1.58 bits per heavy atom. The first kappa shape index (κ1) is 27.1. The standard InChI is InChI=1S/C26H33N3O7/c1-25(2,3)35-23(31)29(24(32)36-26(4,5)6)20-14-15-28(22(30)27-20)21-13-12-19(34-21)17-33-16-18-10-8-7-9-11-18/h7-15,19,21H,16-17H2,1-6H3/t19-,21?/m1/s1. The fourth-order valence-corrected chi connectivity index (χ4v) is 3.21. The van der Waals surface area contributed by atoms with Crippen molar-refractivity contribution in [1.29, 1.82) is 0 Å². The maximum Gasteiger partial charge on any atom is 0.425 e. The summed E-state index contributed by atoms with van der Waals surface area (Å²) >= 11 is 0. The number of nitrogens with zero attached hydrogens (tertiary/aromatic N) is 3. The number of benzene rings is 1. The van der Waals surface area contributed by atoms with Crippen molar-refractivity contribution in [3.05, 3.63) is 70.8 Å². The maximum atomic E-state index is 12.8. The van der Waals surface area contributed by atoms with Crippen LogP contribution in [0.15, 0.2) is 59.5 Å². The monoisotopic (exact) mass is 499 g/mol. The summed E-state index contributed by atoms with van der Waals surface area (Å²) in [5.74, 6) is -0.218. The van der Waals surface area contributed by atoms with Gasteiger partial charge in [0.1, 0.15) is 17.3 Å². The van der Waals surface area contributed by atoms with Gasteiger partial charge < -0.3 is 18.9 Å². The molecule has 1 unspecified atom stereocenters. The molecule has 3 rings (SSSR count). The molecular formula is C26H33N3O7. The van der Waals surface area contributed by atoms with Gasteiger partial charge in [-0.2, -0.15) is 9.88 Å². The highest BCUT2D eigenvalue weighted by Gasteiger charge is 2.34. The molecule has 1 aromatic carbocycles. The molecule has 36 heavy (non-hydrogen) atoms. The van der Waals surface area contributed by atoms with Crippen LogP contribution in [0.3, 0.4) is 0 Å². The molecule has 0 N–H and O–H groups in total. The SMILES string of the molecule is CC(C)(C)OC(=O)N(C(=O)OC(C)(C)C)c1ccn(C2C=C[C@H](COCc3ccccc3)O2)c(=O)n1. The number of rotatable bonds is 6. The Labute approximate surface area is 210 Å². The Hall–Kier alpha value is -3.50. The summed E-state index contributed by atoms with van der Waals surface area (Å²) in [6, 6.07) is 11.1. The highest BCUT2D eigenvalue weighted by atomic mass is 16.6. The van der Waals surface area contributed by atoms with Crippen molar-refractivity contribution in [2.24, 2.45) is 0 Å². The zero-order valence-electron chi connectivity index (χ0n) is 21.5. The van der Waals surface area contributed by atoms with Gasteiger partial charge in [-0.25, -0.2) is 14.4 Å². The van der Waals surface area contributed by atoms with Crippen LogP contribution in [0.1, 0.15) is 53.3 Å². The Morgan fingerprint density at radius 1 is 0.972 bits per heavy atom. The van der Waals surface area contributed by atoms with E-state index in [-0.39, 0.29) is 11.9 Å². The van der Waals surface area contributed by atoms with Crippen LogP contribution in [0.4, 0.5) is 15.4 Å². The van der Waals surface area contributed by atoms with Crippen molar-refractivity contribution in [2.75, 3.05) is 11.5 Å². The minimum atomic E-state index is -1.01. The number of hydrogen-bond donors (Lipinski definition) is 0. The van der Waals surface area contributed by atoms with Gasteiger partial charge in [0.25, 0.3) is 0 Å². The molecule has 0 radical (unpaired) electrons. The number of amides is 2.